The van der Waals surface area contributed by atoms with Gasteiger partial charge < -0.3 is 10.1 Å². The first-order valence-electron chi connectivity index (χ1n) is 4.88. The van der Waals surface area contributed by atoms with Gasteiger partial charge in [-0.25, -0.2) is 13.8 Å². The maximum absolute atomic E-state index is 13.0. The summed E-state index contributed by atoms with van der Waals surface area (Å²) in [5.74, 6) is -1.64. The molecule has 0 atom stereocenters. The third kappa shape index (κ3) is 4.20. The van der Waals surface area contributed by atoms with Gasteiger partial charge in [0.2, 0.25) is 0 Å². The second-order valence-electron chi connectivity index (χ2n) is 3.04. The minimum Gasteiger partial charge on any atom is -0.474 e. The number of rotatable bonds is 6. The molecule has 0 aliphatic carbocycles. The predicted octanol–water partition coefficient (Wildman–Crippen LogP) is 1.74. The highest BCUT2D eigenvalue weighted by Gasteiger charge is 2.05. The van der Waals surface area contributed by atoms with E-state index in [-0.39, 0.29) is 5.88 Å². The van der Waals surface area contributed by atoms with Gasteiger partial charge in [-0.05, 0) is 13.0 Å². The molecule has 0 amide bonds. The van der Waals surface area contributed by atoms with Gasteiger partial charge in [0.05, 0.1) is 6.20 Å². The van der Waals surface area contributed by atoms with E-state index >= 15 is 0 Å². The Bertz CT molecular complexity index is 307. The van der Waals surface area contributed by atoms with Gasteiger partial charge in [0.25, 0.3) is 5.88 Å². The van der Waals surface area contributed by atoms with Crippen LogP contribution in [-0.2, 0) is 0 Å². The fraction of sp³-hybridized carbons (Fsp3) is 0.500. The lowest BCUT2D eigenvalue weighted by Crippen LogP contribution is -2.22. The van der Waals surface area contributed by atoms with E-state index < -0.39 is 11.6 Å². The van der Waals surface area contributed by atoms with Crippen LogP contribution in [0.3, 0.4) is 0 Å². The molecule has 0 spiro atoms. The van der Waals surface area contributed by atoms with Crippen molar-refractivity contribution in [1.82, 2.24) is 10.3 Å². The fourth-order valence-corrected chi connectivity index (χ4v) is 1.03. The molecule has 1 rings (SSSR count). The number of nitrogens with zero attached hydrogens (tertiary/aromatic N) is 1. The number of hydrogen-bond acceptors (Lipinski definition) is 3. The van der Waals surface area contributed by atoms with Crippen molar-refractivity contribution in [2.75, 3.05) is 19.7 Å². The summed E-state index contributed by atoms with van der Waals surface area (Å²) in [6, 6.07) is 0.752. The predicted molar refractivity (Wildman–Crippen MR) is 52.8 cm³/mol. The Balaban J connectivity index is 2.31. The van der Waals surface area contributed by atoms with Crippen LogP contribution in [0.1, 0.15) is 13.3 Å². The zero-order valence-electron chi connectivity index (χ0n) is 8.59. The number of ether oxygens (including phenoxy) is 1. The van der Waals surface area contributed by atoms with E-state index in [1.165, 1.54) is 0 Å². The van der Waals surface area contributed by atoms with Gasteiger partial charge >= 0.3 is 0 Å². The van der Waals surface area contributed by atoms with Gasteiger partial charge in [-0.1, -0.05) is 6.92 Å². The lowest BCUT2D eigenvalue weighted by atomic mass is 10.4. The SMILES string of the molecule is CCCNCCOc1ncc(F)cc1F. The van der Waals surface area contributed by atoms with Crippen molar-refractivity contribution in [2.45, 2.75) is 13.3 Å². The Labute approximate surface area is 87.5 Å². The van der Waals surface area contributed by atoms with Crippen molar-refractivity contribution in [3.8, 4) is 5.88 Å². The minimum absolute atomic E-state index is 0.158. The summed E-state index contributed by atoms with van der Waals surface area (Å²) >= 11 is 0. The maximum Gasteiger partial charge on any atom is 0.250 e. The smallest absolute Gasteiger partial charge is 0.250 e. The monoisotopic (exact) mass is 216 g/mol. The average molecular weight is 216 g/mol. The topological polar surface area (TPSA) is 34.1 Å². The maximum atomic E-state index is 13.0. The van der Waals surface area contributed by atoms with Crippen LogP contribution < -0.4 is 10.1 Å². The van der Waals surface area contributed by atoms with Crippen LogP contribution in [-0.4, -0.2) is 24.7 Å². The highest BCUT2D eigenvalue weighted by molar-refractivity contribution is 5.13. The summed E-state index contributed by atoms with van der Waals surface area (Å²) in [6.45, 7) is 3.87. The molecule has 0 aliphatic heterocycles. The van der Waals surface area contributed by atoms with E-state index in [2.05, 4.69) is 17.2 Å². The number of hydrogen-bond donors (Lipinski definition) is 1. The molecule has 1 heterocycles. The van der Waals surface area contributed by atoms with E-state index in [0.29, 0.717) is 13.2 Å². The molecule has 1 N–H and O–H groups in total. The third-order valence-corrected chi connectivity index (χ3v) is 1.72. The Hall–Kier alpha value is -1.23. The quantitative estimate of drug-likeness (QED) is 0.735. The Morgan fingerprint density at radius 2 is 2.20 bits per heavy atom. The van der Waals surface area contributed by atoms with Crippen molar-refractivity contribution in [1.29, 1.82) is 0 Å². The molecular formula is C10H14F2N2O. The highest BCUT2D eigenvalue weighted by Crippen LogP contribution is 2.12. The van der Waals surface area contributed by atoms with Gasteiger partial charge in [-0.15, -0.1) is 0 Å². The van der Waals surface area contributed by atoms with E-state index in [4.69, 9.17) is 4.74 Å². The molecule has 1 aromatic rings. The molecule has 0 bridgehead atoms. The first kappa shape index (κ1) is 11.8. The molecule has 1 aromatic heterocycles. The van der Waals surface area contributed by atoms with Gasteiger partial charge in [0, 0.05) is 12.6 Å². The molecule has 84 valence electrons. The summed E-state index contributed by atoms with van der Waals surface area (Å²) in [5.41, 5.74) is 0. The number of nitrogens with one attached hydrogen (secondary N) is 1. The average Bonchev–Trinajstić information content (AvgIpc) is 2.20. The first-order chi connectivity index (χ1) is 7.24. The summed E-state index contributed by atoms with van der Waals surface area (Å²) in [4.78, 5) is 3.50. The Morgan fingerprint density at radius 3 is 2.87 bits per heavy atom. The van der Waals surface area contributed by atoms with E-state index in [1.54, 1.807) is 0 Å². The van der Waals surface area contributed by atoms with Crippen LogP contribution in [0.15, 0.2) is 12.3 Å². The molecule has 0 fully saturated rings. The molecule has 0 saturated carbocycles. The normalized spacial score (nSPS) is 10.3. The highest BCUT2D eigenvalue weighted by atomic mass is 19.1. The second kappa shape index (κ2) is 6.29. The Morgan fingerprint density at radius 1 is 1.40 bits per heavy atom. The van der Waals surface area contributed by atoms with Gasteiger partial charge in [0.1, 0.15) is 12.4 Å². The van der Waals surface area contributed by atoms with Crippen molar-refractivity contribution in [3.63, 3.8) is 0 Å². The minimum atomic E-state index is -0.773. The van der Waals surface area contributed by atoms with Gasteiger partial charge in [-0.2, -0.15) is 0 Å². The van der Waals surface area contributed by atoms with Crippen LogP contribution in [0.25, 0.3) is 0 Å². The van der Waals surface area contributed by atoms with Crippen LogP contribution in [0.2, 0.25) is 0 Å². The van der Waals surface area contributed by atoms with Crippen LogP contribution in [0.4, 0.5) is 8.78 Å². The Kier molecular flexibility index (Phi) is 4.97. The molecule has 5 heteroatoms. The van der Waals surface area contributed by atoms with Crippen LogP contribution >= 0.6 is 0 Å². The summed E-state index contributed by atoms with van der Waals surface area (Å²) in [7, 11) is 0. The number of aromatic nitrogens is 1. The molecule has 0 radical (unpaired) electrons. The molecule has 15 heavy (non-hydrogen) atoms. The third-order valence-electron chi connectivity index (χ3n) is 1.72. The molecule has 3 nitrogen and oxygen atoms in total. The molecular weight excluding hydrogens is 202 g/mol. The largest absolute Gasteiger partial charge is 0.474 e. The van der Waals surface area contributed by atoms with Gasteiger partial charge in [-0.3, -0.25) is 0 Å². The summed E-state index contributed by atoms with van der Waals surface area (Å²) < 4.78 is 30.5. The molecule has 0 aromatic carbocycles. The van der Waals surface area contributed by atoms with Crippen molar-refractivity contribution < 1.29 is 13.5 Å². The molecule has 0 saturated heterocycles. The zero-order valence-corrected chi connectivity index (χ0v) is 8.59. The van der Waals surface area contributed by atoms with Gasteiger partial charge in [0.15, 0.2) is 5.82 Å². The summed E-state index contributed by atoms with van der Waals surface area (Å²) in [5, 5.41) is 3.09. The standard InChI is InChI=1S/C10H14F2N2O/c1-2-3-13-4-5-15-10-9(12)6-8(11)7-14-10/h6-7,13H,2-5H2,1H3. The summed E-state index contributed by atoms with van der Waals surface area (Å²) in [6.07, 6.45) is 1.96. The van der Waals surface area contributed by atoms with Crippen LogP contribution in [0, 0.1) is 11.6 Å². The van der Waals surface area contributed by atoms with Crippen LogP contribution in [0.5, 0.6) is 5.88 Å². The first-order valence-corrected chi connectivity index (χ1v) is 4.88. The van der Waals surface area contributed by atoms with Crippen molar-refractivity contribution in [2.24, 2.45) is 0 Å². The van der Waals surface area contributed by atoms with E-state index in [9.17, 15) is 8.78 Å². The van der Waals surface area contributed by atoms with Crippen molar-refractivity contribution in [3.05, 3.63) is 23.9 Å². The lowest BCUT2D eigenvalue weighted by molar-refractivity contribution is 0.285. The molecule has 0 unspecified atom stereocenters. The van der Waals surface area contributed by atoms with Crippen molar-refractivity contribution >= 4 is 0 Å². The molecule has 0 aliphatic rings. The number of halogens is 2. The zero-order chi connectivity index (χ0) is 11.1. The second-order valence-corrected chi connectivity index (χ2v) is 3.04. The van der Waals surface area contributed by atoms with E-state index in [1.807, 2.05) is 0 Å². The fourth-order valence-electron chi connectivity index (χ4n) is 1.03. The lowest BCUT2D eigenvalue weighted by Gasteiger charge is -2.06. The number of pyridine rings is 1. The van der Waals surface area contributed by atoms with E-state index in [0.717, 1.165) is 25.2 Å².